The summed E-state index contributed by atoms with van der Waals surface area (Å²) in [5.74, 6) is 0.237. The molecule has 1 N–H and O–H groups in total. The van der Waals surface area contributed by atoms with E-state index in [9.17, 15) is 4.79 Å². The van der Waals surface area contributed by atoms with E-state index >= 15 is 0 Å². The first kappa shape index (κ1) is 10.8. The van der Waals surface area contributed by atoms with Crippen molar-refractivity contribution in [3.63, 3.8) is 0 Å². The Bertz CT molecular complexity index is 119. The van der Waals surface area contributed by atoms with Gasteiger partial charge in [-0.05, 0) is 13.0 Å². The molecule has 3 nitrogen and oxygen atoms in total. The summed E-state index contributed by atoms with van der Waals surface area (Å²) < 4.78 is 4.55. The van der Waals surface area contributed by atoms with Gasteiger partial charge in [-0.1, -0.05) is 6.92 Å². The highest BCUT2D eigenvalue weighted by Crippen LogP contribution is 1.91. The summed E-state index contributed by atoms with van der Waals surface area (Å²) in [6.07, 6.45) is 1.00. The van der Waals surface area contributed by atoms with Crippen LogP contribution in [0.15, 0.2) is 0 Å². The van der Waals surface area contributed by atoms with Gasteiger partial charge in [0, 0.05) is 5.75 Å². The molecule has 0 aromatic carbocycles. The van der Waals surface area contributed by atoms with Gasteiger partial charge in [-0.3, -0.25) is 4.79 Å². The van der Waals surface area contributed by atoms with Crippen LogP contribution in [-0.4, -0.2) is 31.4 Å². The van der Waals surface area contributed by atoms with Crippen molar-refractivity contribution in [3.8, 4) is 0 Å². The van der Waals surface area contributed by atoms with Crippen molar-refractivity contribution in [2.45, 2.75) is 19.4 Å². The third kappa shape index (κ3) is 4.27. The maximum Gasteiger partial charge on any atom is 0.323 e. The molecule has 0 radical (unpaired) electrons. The Morgan fingerprint density at radius 1 is 1.73 bits per heavy atom. The van der Waals surface area contributed by atoms with Crippen molar-refractivity contribution in [1.29, 1.82) is 0 Å². The molecule has 0 bridgehead atoms. The zero-order chi connectivity index (χ0) is 8.69. The number of thiol groups is 1. The lowest BCUT2D eigenvalue weighted by atomic mass is 10.3. The van der Waals surface area contributed by atoms with E-state index in [0.29, 0.717) is 5.75 Å². The van der Waals surface area contributed by atoms with Crippen molar-refractivity contribution in [3.05, 3.63) is 0 Å². The molecule has 4 heteroatoms. The Morgan fingerprint density at radius 2 is 2.36 bits per heavy atom. The van der Waals surface area contributed by atoms with E-state index in [2.05, 4.69) is 22.7 Å². The third-order valence-electron chi connectivity index (χ3n) is 1.31. The highest BCUT2D eigenvalue weighted by Gasteiger charge is 2.14. The molecule has 0 aliphatic carbocycles. The molecule has 0 spiro atoms. The van der Waals surface area contributed by atoms with Crippen LogP contribution in [0.1, 0.15) is 13.3 Å². The number of hydrogen-bond donors (Lipinski definition) is 2. The predicted octanol–water partition coefficient (Wildman–Crippen LogP) is 0.457. The maximum atomic E-state index is 10.9. The second-order valence-corrected chi connectivity index (χ2v) is 2.58. The number of ether oxygens (including phenoxy) is 1. The molecule has 0 rings (SSSR count). The molecule has 0 aliphatic heterocycles. The number of carbonyl (C=O) groups excluding carboxylic acids is 1. The Kier molecular flexibility index (Phi) is 6.36. The largest absolute Gasteiger partial charge is 0.468 e. The second kappa shape index (κ2) is 6.49. The molecule has 0 heterocycles. The molecule has 0 aliphatic rings. The number of hydrogen-bond acceptors (Lipinski definition) is 4. The number of rotatable bonds is 5. The summed E-state index contributed by atoms with van der Waals surface area (Å²) >= 11 is 4.02. The molecule has 0 amide bonds. The van der Waals surface area contributed by atoms with E-state index in [-0.39, 0.29) is 12.0 Å². The summed E-state index contributed by atoms with van der Waals surface area (Å²) in [6.45, 7) is 2.86. The fourth-order valence-corrected chi connectivity index (χ4v) is 0.961. The Labute approximate surface area is 72.9 Å². The van der Waals surface area contributed by atoms with Crippen LogP contribution < -0.4 is 5.32 Å². The van der Waals surface area contributed by atoms with Crippen LogP contribution in [0.2, 0.25) is 0 Å². The topological polar surface area (TPSA) is 38.3 Å². The quantitative estimate of drug-likeness (QED) is 0.473. The van der Waals surface area contributed by atoms with E-state index in [1.54, 1.807) is 0 Å². The molecule has 0 fully saturated rings. The first-order valence-corrected chi connectivity index (χ1v) is 4.31. The Balaban J connectivity index is 3.65. The van der Waals surface area contributed by atoms with Gasteiger partial charge in [0.1, 0.15) is 6.04 Å². The minimum atomic E-state index is -0.261. The minimum Gasteiger partial charge on any atom is -0.468 e. The van der Waals surface area contributed by atoms with Gasteiger partial charge in [0.25, 0.3) is 0 Å². The smallest absolute Gasteiger partial charge is 0.323 e. The normalized spacial score (nSPS) is 12.6. The lowest BCUT2D eigenvalue weighted by molar-refractivity contribution is -0.142. The zero-order valence-corrected chi connectivity index (χ0v) is 7.86. The van der Waals surface area contributed by atoms with Gasteiger partial charge < -0.3 is 10.1 Å². The number of nitrogens with one attached hydrogen (secondary N) is 1. The Morgan fingerprint density at radius 3 is 2.73 bits per heavy atom. The monoisotopic (exact) mass is 177 g/mol. The average Bonchev–Trinajstić information content (AvgIpc) is 2.05. The van der Waals surface area contributed by atoms with Gasteiger partial charge in [0.2, 0.25) is 0 Å². The number of esters is 1. The molecule has 0 saturated heterocycles. The lowest BCUT2D eigenvalue weighted by Gasteiger charge is -2.12. The molecule has 1 atom stereocenters. The predicted molar refractivity (Wildman–Crippen MR) is 48.0 cm³/mol. The second-order valence-electron chi connectivity index (χ2n) is 2.21. The fraction of sp³-hybridized carbons (Fsp3) is 0.857. The van der Waals surface area contributed by atoms with E-state index in [1.165, 1.54) is 7.11 Å². The average molecular weight is 177 g/mol. The van der Waals surface area contributed by atoms with Crippen LogP contribution in [0, 0.1) is 0 Å². The highest BCUT2D eigenvalue weighted by atomic mass is 32.1. The third-order valence-corrected chi connectivity index (χ3v) is 1.67. The van der Waals surface area contributed by atoms with E-state index in [0.717, 1.165) is 13.0 Å². The van der Waals surface area contributed by atoms with Crippen molar-refractivity contribution >= 4 is 18.6 Å². The van der Waals surface area contributed by atoms with Crippen LogP contribution in [-0.2, 0) is 9.53 Å². The van der Waals surface area contributed by atoms with Crippen molar-refractivity contribution in [1.82, 2.24) is 5.32 Å². The van der Waals surface area contributed by atoms with Crippen LogP contribution in [0.4, 0.5) is 0 Å². The summed E-state index contributed by atoms with van der Waals surface area (Å²) in [4.78, 5) is 10.9. The van der Waals surface area contributed by atoms with Crippen molar-refractivity contribution < 1.29 is 9.53 Å². The van der Waals surface area contributed by atoms with E-state index in [1.807, 2.05) is 6.92 Å². The standard InChI is InChI=1S/C7H15NO2S/c1-3-4-8-6(5-11)7(9)10-2/h6,8,11H,3-5H2,1-2H3/t6-/m0/s1. The van der Waals surface area contributed by atoms with Gasteiger partial charge in [0.15, 0.2) is 0 Å². The van der Waals surface area contributed by atoms with Gasteiger partial charge in [-0.2, -0.15) is 12.6 Å². The van der Waals surface area contributed by atoms with E-state index in [4.69, 9.17) is 0 Å². The van der Waals surface area contributed by atoms with Gasteiger partial charge >= 0.3 is 5.97 Å². The van der Waals surface area contributed by atoms with Gasteiger partial charge in [-0.25, -0.2) is 0 Å². The highest BCUT2D eigenvalue weighted by molar-refractivity contribution is 7.80. The van der Waals surface area contributed by atoms with Crippen LogP contribution in [0.5, 0.6) is 0 Å². The first-order valence-electron chi connectivity index (χ1n) is 3.68. The summed E-state index contributed by atoms with van der Waals surface area (Å²) in [6, 6.07) is -0.261. The molecule has 66 valence electrons. The molecule has 0 aromatic heterocycles. The summed E-state index contributed by atoms with van der Waals surface area (Å²) in [7, 11) is 1.38. The molecule has 0 unspecified atom stereocenters. The van der Waals surface area contributed by atoms with E-state index < -0.39 is 0 Å². The van der Waals surface area contributed by atoms with Crippen molar-refractivity contribution in [2.24, 2.45) is 0 Å². The van der Waals surface area contributed by atoms with Gasteiger partial charge in [-0.15, -0.1) is 0 Å². The molecular weight excluding hydrogens is 162 g/mol. The lowest BCUT2D eigenvalue weighted by Crippen LogP contribution is -2.39. The molecule has 0 aromatic rings. The SMILES string of the molecule is CCCN[C@@H](CS)C(=O)OC. The minimum absolute atomic E-state index is 0.242. The fourth-order valence-electron chi connectivity index (χ4n) is 0.683. The van der Waals surface area contributed by atoms with Crippen LogP contribution >= 0.6 is 12.6 Å². The maximum absolute atomic E-state index is 10.9. The molecular formula is C7H15NO2S. The van der Waals surface area contributed by atoms with Crippen molar-refractivity contribution in [2.75, 3.05) is 19.4 Å². The summed E-state index contributed by atoms with van der Waals surface area (Å²) in [5.41, 5.74) is 0. The zero-order valence-electron chi connectivity index (χ0n) is 6.96. The number of methoxy groups -OCH3 is 1. The van der Waals surface area contributed by atoms with Crippen LogP contribution in [0.25, 0.3) is 0 Å². The Hall–Kier alpha value is -0.220. The molecule has 0 saturated carbocycles. The van der Waals surface area contributed by atoms with Gasteiger partial charge in [0.05, 0.1) is 7.11 Å². The number of carbonyl (C=O) groups is 1. The first-order chi connectivity index (χ1) is 5.26. The summed E-state index contributed by atoms with van der Waals surface area (Å²) in [5, 5.41) is 3.02. The molecule has 11 heavy (non-hydrogen) atoms. The van der Waals surface area contributed by atoms with Crippen LogP contribution in [0.3, 0.4) is 0 Å².